The highest BCUT2D eigenvalue weighted by atomic mass is 35.5. The molecule has 3 heterocycles. The number of fused-ring (bicyclic) bond motifs is 2. The van der Waals surface area contributed by atoms with Gasteiger partial charge in [-0.05, 0) is 47.5 Å². The number of phenolic OH excluding ortho intramolecular Hbond substituents is 1. The van der Waals surface area contributed by atoms with E-state index in [0.29, 0.717) is 30.4 Å². The second-order valence-corrected chi connectivity index (χ2v) is 9.55. The lowest BCUT2D eigenvalue weighted by Gasteiger charge is -2.34. The lowest BCUT2D eigenvalue weighted by atomic mass is 10.0. The van der Waals surface area contributed by atoms with Crippen LogP contribution in [0.25, 0.3) is 11.0 Å². The molecule has 6 rings (SSSR count). The number of hydrogen-bond donors (Lipinski definition) is 1. The predicted octanol–water partition coefficient (Wildman–Crippen LogP) is 4.82. The van der Waals surface area contributed by atoms with Gasteiger partial charge in [0.25, 0.3) is 0 Å². The highest BCUT2D eigenvalue weighted by Crippen LogP contribution is 2.34. The van der Waals surface area contributed by atoms with Crippen molar-refractivity contribution in [2.45, 2.75) is 19.5 Å². The number of aromatic nitrogens is 1. The van der Waals surface area contributed by atoms with Gasteiger partial charge in [-0.3, -0.25) is 9.80 Å². The van der Waals surface area contributed by atoms with Crippen molar-refractivity contribution in [1.29, 1.82) is 0 Å². The van der Waals surface area contributed by atoms with Gasteiger partial charge in [0.15, 0.2) is 17.1 Å². The van der Waals surface area contributed by atoms with E-state index in [0.717, 1.165) is 66.4 Å². The summed E-state index contributed by atoms with van der Waals surface area (Å²) in [5.41, 5.74) is 4.65. The van der Waals surface area contributed by atoms with E-state index in [2.05, 4.69) is 27.1 Å². The molecule has 8 heteroatoms. The highest BCUT2D eigenvalue weighted by Gasteiger charge is 2.22. The zero-order valence-corrected chi connectivity index (χ0v) is 20.0. The average molecular weight is 492 g/mol. The Kier molecular flexibility index (Phi) is 5.98. The van der Waals surface area contributed by atoms with E-state index >= 15 is 0 Å². The number of rotatable bonds is 6. The lowest BCUT2D eigenvalue weighted by Crippen LogP contribution is -2.45. The molecule has 2 aliphatic rings. The first-order chi connectivity index (χ1) is 17.1. The third kappa shape index (κ3) is 4.67. The van der Waals surface area contributed by atoms with E-state index < -0.39 is 0 Å². The Hall–Kier alpha value is -3.26. The van der Waals surface area contributed by atoms with Gasteiger partial charge < -0.3 is 19.1 Å². The molecule has 1 saturated heterocycles. The molecular weight excluding hydrogens is 466 g/mol. The number of ether oxygens (including phenoxy) is 2. The molecule has 7 nitrogen and oxygen atoms in total. The van der Waals surface area contributed by atoms with Crippen LogP contribution in [-0.4, -0.2) is 53.0 Å². The molecule has 3 aromatic carbocycles. The van der Waals surface area contributed by atoms with E-state index in [1.165, 1.54) is 5.56 Å². The van der Waals surface area contributed by atoms with Crippen LogP contribution >= 0.6 is 11.6 Å². The van der Waals surface area contributed by atoms with Crippen molar-refractivity contribution in [2.75, 3.05) is 33.0 Å². The van der Waals surface area contributed by atoms with Crippen molar-refractivity contribution in [1.82, 2.24) is 15.0 Å². The molecule has 0 amide bonds. The number of aromatic hydroxyl groups is 1. The standard InChI is InChI=1S/C27H26ClN3O4/c28-20-4-1-18(2-5-20)13-23-21-6-7-24(32)22(27(21)35-29-23)16-31-11-9-30(10-12-31)15-19-3-8-25-26(14-19)34-17-33-25/h1-8,14,32H,9-13,15-17H2. The second-order valence-electron chi connectivity index (χ2n) is 9.11. The molecule has 1 N–H and O–H groups in total. The Bertz CT molecular complexity index is 1350. The molecule has 0 atom stereocenters. The number of benzene rings is 3. The summed E-state index contributed by atoms with van der Waals surface area (Å²) in [6.07, 6.45) is 0.646. The van der Waals surface area contributed by atoms with Crippen molar-refractivity contribution < 1.29 is 19.1 Å². The van der Waals surface area contributed by atoms with Gasteiger partial charge in [0.2, 0.25) is 6.79 Å². The summed E-state index contributed by atoms with van der Waals surface area (Å²) in [5, 5.41) is 16.6. The smallest absolute Gasteiger partial charge is 0.231 e. The van der Waals surface area contributed by atoms with Crippen molar-refractivity contribution in [3.63, 3.8) is 0 Å². The largest absolute Gasteiger partial charge is 0.507 e. The number of phenols is 1. The zero-order valence-electron chi connectivity index (χ0n) is 19.2. The van der Waals surface area contributed by atoms with Gasteiger partial charge >= 0.3 is 0 Å². The van der Waals surface area contributed by atoms with Gasteiger partial charge in [-0.2, -0.15) is 0 Å². The Labute approximate surface area is 208 Å². The van der Waals surface area contributed by atoms with E-state index in [1.807, 2.05) is 36.4 Å². The van der Waals surface area contributed by atoms with Gasteiger partial charge in [-0.15, -0.1) is 0 Å². The Balaban J connectivity index is 1.12. The lowest BCUT2D eigenvalue weighted by molar-refractivity contribution is 0.121. The molecule has 2 aliphatic heterocycles. The van der Waals surface area contributed by atoms with Crippen molar-refractivity contribution in [2.24, 2.45) is 0 Å². The first-order valence-electron chi connectivity index (χ1n) is 11.8. The van der Waals surface area contributed by atoms with Crippen LogP contribution in [0.1, 0.15) is 22.4 Å². The second kappa shape index (κ2) is 9.41. The SMILES string of the molecule is Oc1ccc2c(Cc3ccc(Cl)cc3)noc2c1CN1CCN(Cc2ccc3c(c2)OCO3)CC1. The normalized spacial score (nSPS) is 16.3. The number of nitrogens with zero attached hydrogens (tertiary/aromatic N) is 3. The maximum atomic E-state index is 10.6. The molecule has 0 aliphatic carbocycles. The fourth-order valence-corrected chi connectivity index (χ4v) is 4.93. The van der Waals surface area contributed by atoms with Crippen LogP contribution in [0, 0.1) is 0 Å². The van der Waals surface area contributed by atoms with Crippen molar-refractivity contribution in [3.05, 3.63) is 82.0 Å². The fraction of sp³-hybridized carbons (Fsp3) is 0.296. The van der Waals surface area contributed by atoms with Gasteiger partial charge in [-0.25, -0.2) is 0 Å². The van der Waals surface area contributed by atoms with Crippen LogP contribution in [0.3, 0.4) is 0 Å². The molecular formula is C27H26ClN3O4. The Morgan fingerprint density at radius 2 is 1.54 bits per heavy atom. The molecule has 0 radical (unpaired) electrons. The number of hydrogen-bond acceptors (Lipinski definition) is 7. The third-order valence-corrected chi connectivity index (χ3v) is 7.02. The number of halogens is 1. The van der Waals surface area contributed by atoms with Gasteiger partial charge in [0, 0.05) is 56.1 Å². The number of piperazine rings is 1. The molecule has 35 heavy (non-hydrogen) atoms. The molecule has 0 unspecified atom stereocenters. The maximum absolute atomic E-state index is 10.6. The summed E-state index contributed by atoms with van der Waals surface area (Å²) >= 11 is 6.01. The summed E-state index contributed by atoms with van der Waals surface area (Å²) in [7, 11) is 0. The minimum atomic E-state index is 0.245. The van der Waals surface area contributed by atoms with Gasteiger partial charge in [-0.1, -0.05) is 35.0 Å². The quantitative estimate of drug-likeness (QED) is 0.414. The maximum Gasteiger partial charge on any atom is 0.231 e. The van der Waals surface area contributed by atoms with E-state index in [1.54, 1.807) is 6.07 Å². The Morgan fingerprint density at radius 3 is 2.34 bits per heavy atom. The molecule has 180 valence electrons. The van der Waals surface area contributed by atoms with Crippen LogP contribution in [0.4, 0.5) is 0 Å². The summed E-state index contributed by atoms with van der Waals surface area (Å²) in [6, 6.07) is 17.5. The molecule has 0 saturated carbocycles. The van der Waals surface area contributed by atoms with E-state index in [-0.39, 0.29) is 5.75 Å². The van der Waals surface area contributed by atoms with Gasteiger partial charge in [0.05, 0.1) is 11.3 Å². The highest BCUT2D eigenvalue weighted by molar-refractivity contribution is 6.30. The van der Waals surface area contributed by atoms with Gasteiger partial charge in [0.1, 0.15) is 5.75 Å². The van der Waals surface area contributed by atoms with Crippen LogP contribution in [0.15, 0.2) is 59.1 Å². The predicted molar refractivity (Wildman–Crippen MR) is 133 cm³/mol. The topological polar surface area (TPSA) is 71.2 Å². The minimum Gasteiger partial charge on any atom is -0.507 e. The van der Waals surface area contributed by atoms with Crippen LogP contribution in [0.5, 0.6) is 17.2 Å². The summed E-state index contributed by atoms with van der Waals surface area (Å²) in [5.74, 6) is 1.89. The summed E-state index contributed by atoms with van der Waals surface area (Å²) < 4.78 is 16.7. The first kappa shape index (κ1) is 22.2. The van der Waals surface area contributed by atoms with Crippen LogP contribution < -0.4 is 9.47 Å². The van der Waals surface area contributed by atoms with Crippen LogP contribution in [-0.2, 0) is 19.5 Å². The van der Waals surface area contributed by atoms with Crippen molar-refractivity contribution >= 4 is 22.6 Å². The molecule has 0 bridgehead atoms. The summed E-state index contributed by atoms with van der Waals surface area (Å²) in [4.78, 5) is 4.79. The summed E-state index contributed by atoms with van der Waals surface area (Å²) in [6.45, 7) is 5.51. The van der Waals surface area contributed by atoms with Crippen LogP contribution in [0.2, 0.25) is 5.02 Å². The third-order valence-electron chi connectivity index (χ3n) is 6.77. The molecule has 1 aromatic heterocycles. The minimum absolute atomic E-state index is 0.245. The molecule has 0 spiro atoms. The molecule has 1 fully saturated rings. The molecule has 4 aromatic rings. The van der Waals surface area contributed by atoms with E-state index in [4.69, 9.17) is 25.6 Å². The van der Waals surface area contributed by atoms with Crippen molar-refractivity contribution in [3.8, 4) is 17.2 Å². The zero-order chi connectivity index (χ0) is 23.8. The Morgan fingerprint density at radius 1 is 0.829 bits per heavy atom. The van der Waals surface area contributed by atoms with E-state index in [9.17, 15) is 5.11 Å². The first-order valence-corrected chi connectivity index (χ1v) is 12.2. The fourth-order valence-electron chi connectivity index (χ4n) is 4.80. The average Bonchev–Trinajstić information content (AvgIpc) is 3.50. The monoisotopic (exact) mass is 491 g/mol.